The number of hydrogen-bond donors (Lipinski definition) is 2. The highest BCUT2D eigenvalue weighted by Gasteiger charge is 2.10. The number of hydrogen-bond acceptors (Lipinski definition) is 3. The molecule has 6 heteroatoms. The molecule has 0 unspecified atom stereocenters. The monoisotopic (exact) mass is 357 g/mol. The first-order valence-electron chi connectivity index (χ1n) is 7.39. The number of halogens is 1. The number of allylic oxidation sites excluding steroid dienone is 2. The third-order valence-electron chi connectivity index (χ3n) is 3.03. The van der Waals surface area contributed by atoms with Crippen LogP contribution in [-0.4, -0.2) is 22.7 Å². The van der Waals surface area contributed by atoms with E-state index in [-0.39, 0.29) is 16.6 Å². The Kier molecular flexibility index (Phi) is 6.98. The van der Waals surface area contributed by atoms with Gasteiger partial charge in [-0.15, -0.1) is 11.8 Å². The molecule has 0 aliphatic rings. The predicted octanol–water partition coefficient (Wildman–Crippen LogP) is 4.18. The topological polar surface area (TPSA) is 66.4 Å². The summed E-state index contributed by atoms with van der Waals surface area (Å²) in [6, 6.07) is 14.8. The normalized spacial score (nSPS) is 11.5. The Labute approximate surface area is 149 Å². The van der Waals surface area contributed by atoms with Gasteiger partial charge in [0.25, 0.3) is 0 Å². The zero-order valence-electron chi connectivity index (χ0n) is 13.2. The smallest absolute Gasteiger partial charge is 0.342 e. The molecule has 0 aromatic heterocycles. The first kappa shape index (κ1) is 18.5. The number of aliphatic carboxylic acids is 1. The minimum atomic E-state index is -1.10. The predicted molar refractivity (Wildman–Crippen MR) is 98.7 cm³/mol. The average molecular weight is 357 g/mol. The van der Waals surface area contributed by atoms with Crippen LogP contribution in [0.4, 0.5) is 10.1 Å². The van der Waals surface area contributed by atoms with Crippen LogP contribution in [0.25, 0.3) is 6.08 Å². The molecule has 2 N–H and O–H groups in total. The molecule has 1 amide bonds. The highest BCUT2D eigenvalue weighted by Crippen LogP contribution is 2.17. The van der Waals surface area contributed by atoms with Crippen molar-refractivity contribution in [2.24, 2.45) is 0 Å². The van der Waals surface area contributed by atoms with E-state index in [0.717, 1.165) is 17.3 Å². The van der Waals surface area contributed by atoms with Crippen LogP contribution in [0.3, 0.4) is 0 Å². The summed E-state index contributed by atoms with van der Waals surface area (Å²) in [5, 5.41) is 11.8. The lowest BCUT2D eigenvalue weighted by Gasteiger charge is -2.05. The van der Waals surface area contributed by atoms with Crippen molar-refractivity contribution in [3.63, 3.8) is 0 Å². The van der Waals surface area contributed by atoms with Gasteiger partial charge in [-0.3, -0.25) is 4.79 Å². The molecular weight excluding hydrogens is 341 g/mol. The summed E-state index contributed by atoms with van der Waals surface area (Å²) < 4.78 is 12.8. The van der Waals surface area contributed by atoms with Crippen LogP contribution in [0.15, 0.2) is 71.7 Å². The lowest BCUT2D eigenvalue weighted by atomic mass is 10.2. The van der Waals surface area contributed by atoms with Gasteiger partial charge in [0.15, 0.2) is 0 Å². The molecule has 4 nitrogen and oxygen atoms in total. The second kappa shape index (κ2) is 9.44. The Morgan fingerprint density at radius 1 is 1.08 bits per heavy atom. The van der Waals surface area contributed by atoms with Gasteiger partial charge in [0, 0.05) is 5.69 Å². The maximum absolute atomic E-state index is 12.8. The van der Waals surface area contributed by atoms with Gasteiger partial charge >= 0.3 is 5.97 Å². The molecule has 0 heterocycles. The number of carboxylic acids is 1. The second-order valence-corrected chi connectivity index (χ2v) is 5.97. The molecular formula is C19H16FNO3S. The van der Waals surface area contributed by atoms with Gasteiger partial charge < -0.3 is 10.4 Å². The molecule has 2 rings (SSSR count). The number of nitrogens with one attached hydrogen (secondary N) is 1. The van der Waals surface area contributed by atoms with Crippen molar-refractivity contribution >= 4 is 35.4 Å². The fourth-order valence-corrected chi connectivity index (χ4v) is 2.52. The number of carbonyl (C=O) groups excluding carboxylic acids is 1. The first-order valence-corrected chi connectivity index (χ1v) is 8.38. The van der Waals surface area contributed by atoms with E-state index in [1.54, 1.807) is 12.2 Å². The van der Waals surface area contributed by atoms with Gasteiger partial charge in [0.05, 0.1) is 10.7 Å². The fraction of sp³-hybridized carbons (Fsp3) is 0.0526. The summed E-state index contributed by atoms with van der Waals surface area (Å²) in [4.78, 5) is 23.2. The molecule has 0 aliphatic heterocycles. The van der Waals surface area contributed by atoms with Crippen molar-refractivity contribution in [2.45, 2.75) is 0 Å². The van der Waals surface area contributed by atoms with Crippen LogP contribution in [0, 0.1) is 5.82 Å². The molecule has 0 atom stereocenters. The average Bonchev–Trinajstić information content (AvgIpc) is 2.60. The van der Waals surface area contributed by atoms with Crippen molar-refractivity contribution in [2.75, 3.05) is 11.1 Å². The van der Waals surface area contributed by atoms with E-state index in [1.165, 1.54) is 30.3 Å². The van der Waals surface area contributed by atoms with Crippen LogP contribution >= 0.6 is 11.8 Å². The van der Waals surface area contributed by atoms with Crippen LogP contribution in [-0.2, 0) is 9.59 Å². The largest absolute Gasteiger partial charge is 0.477 e. The molecule has 0 saturated carbocycles. The van der Waals surface area contributed by atoms with Crippen LogP contribution in [0.5, 0.6) is 0 Å². The summed E-state index contributed by atoms with van der Waals surface area (Å²) in [6.07, 6.45) is 4.86. The molecule has 0 fully saturated rings. The van der Waals surface area contributed by atoms with E-state index in [9.17, 15) is 19.1 Å². The summed E-state index contributed by atoms with van der Waals surface area (Å²) >= 11 is 0.919. The van der Waals surface area contributed by atoms with Crippen LogP contribution in [0.2, 0.25) is 0 Å². The summed E-state index contributed by atoms with van der Waals surface area (Å²) in [5.41, 5.74) is 1.40. The number of rotatable bonds is 7. The molecule has 128 valence electrons. The number of benzene rings is 2. The highest BCUT2D eigenvalue weighted by atomic mass is 32.2. The number of thioether (sulfide) groups is 1. The van der Waals surface area contributed by atoms with Gasteiger partial charge in [-0.2, -0.15) is 0 Å². The Bertz CT molecular complexity index is 786. The molecule has 2 aromatic rings. The Morgan fingerprint density at radius 2 is 1.76 bits per heavy atom. The van der Waals surface area contributed by atoms with Crippen molar-refractivity contribution in [3.8, 4) is 0 Å². The molecule has 0 spiro atoms. The van der Waals surface area contributed by atoms with Gasteiger partial charge in [0.1, 0.15) is 5.82 Å². The molecule has 0 radical (unpaired) electrons. The summed E-state index contributed by atoms with van der Waals surface area (Å²) in [7, 11) is 0. The van der Waals surface area contributed by atoms with Crippen molar-refractivity contribution in [1.29, 1.82) is 0 Å². The van der Waals surface area contributed by atoms with E-state index in [1.807, 2.05) is 30.3 Å². The Morgan fingerprint density at radius 3 is 2.40 bits per heavy atom. The van der Waals surface area contributed by atoms with Crippen LogP contribution in [0.1, 0.15) is 5.56 Å². The highest BCUT2D eigenvalue weighted by molar-refractivity contribution is 8.04. The molecule has 0 bridgehead atoms. The number of amides is 1. The molecule has 25 heavy (non-hydrogen) atoms. The Balaban J connectivity index is 1.91. The third-order valence-corrected chi connectivity index (χ3v) is 4.06. The fourth-order valence-electron chi connectivity index (χ4n) is 1.87. The van der Waals surface area contributed by atoms with E-state index < -0.39 is 11.8 Å². The van der Waals surface area contributed by atoms with Gasteiger partial charge in [0.2, 0.25) is 5.91 Å². The van der Waals surface area contributed by atoms with Gasteiger partial charge in [-0.25, -0.2) is 9.18 Å². The minimum Gasteiger partial charge on any atom is -0.477 e. The molecule has 0 aliphatic carbocycles. The van der Waals surface area contributed by atoms with Crippen molar-refractivity contribution in [1.82, 2.24) is 0 Å². The zero-order valence-corrected chi connectivity index (χ0v) is 14.0. The van der Waals surface area contributed by atoms with Gasteiger partial charge in [-0.1, -0.05) is 42.5 Å². The SMILES string of the molecule is O=C(CS/C(=C/C=C/c1ccccc1)C(=O)O)Nc1ccc(F)cc1. The lowest BCUT2D eigenvalue weighted by Crippen LogP contribution is -2.15. The van der Waals surface area contributed by atoms with E-state index in [2.05, 4.69) is 5.32 Å². The minimum absolute atomic E-state index is 0.0569. The quantitative estimate of drug-likeness (QED) is 0.576. The van der Waals surface area contributed by atoms with Gasteiger partial charge in [-0.05, 0) is 35.9 Å². The second-order valence-electron chi connectivity index (χ2n) is 4.95. The van der Waals surface area contributed by atoms with E-state index >= 15 is 0 Å². The number of anilines is 1. The number of carboxylic acid groups (broad SMARTS) is 1. The maximum Gasteiger partial charge on any atom is 0.342 e. The van der Waals surface area contributed by atoms with Crippen molar-refractivity contribution < 1.29 is 19.1 Å². The molecule has 0 saturated heterocycles. The van der Waals surface area contributed by atoms with Crippen LogP contribution < -0.4 is 5.32 Å². The van der Waals surface area contributed by atoms with E-state index in [4.69, 9.17) is 0 Å². The lowest BCUT2D eigenvalue weighted by molar-refractivity contribution is -0.131. The third kappa shape index (κ3) is 6.64. The molecule has 2 aromatic carbocycles. The summed E-state index contributed by atoms with van der Waals surface area (Å²) in [5.74, 6) is -1.92. The van der Waals surface area contributed by atoms with E-state index in [0.29, 0.717) is 5.69 Å². The number of carbonyl (C=O) groups is 2. The first-order chi connectivity index (χ1) is 12.0. The summed E-state index contributed by atoms with van der Waals surface area (Å²) in [6.45, 7) is 0. The Hall–Kier alpha value is -2.86. The maximum atomic E-state index is 12.8. The van der Waals surface area contributed by atoms with Crippen molar-refractivity contribution in [3.05, 3.63) is 83.0 Å². The standard InChI is InChI=1S/C19H16FNO3S/c20-15-9-11-16(12-10-15)21-18(22)13-25-17(19(23)24)8-4-7-14-5-2-1-3-6-14/h1-12H,13H2,(H,21,22)(H,23,24)/b7-4+,17-8+. The zero-order chi connectivity index (χ0) is 18.1.